The van der Waals surface area contributed by atoms with Crippen molar-refractivity contribution in [2.45, 2.75) is 12.6 Å². The van der Waals surface area contributed by atoms with E-state index in [4.69, 9.17) is 11.6 Å². The zero-order valence-corrected chi connectivity index (χ0v) is 20.9. The monoisotopic (exact) mass is 516 g/mol. The van der Waals surface area contributed by atoms with Crippen molar-refractivity contribution in [2.75, 3.05) is 26.2 Å². The second kappa shape index (κ2) is 11.1. The molecule has 1 aliphatic heterocycles. The van der Waals surface area contributed by atoms with Gasteiger partial charge in [-0.2, -0.15) is 5.10 Å². The molecule has 1 amide bonds. The number of benzene rings is 3. The Bertz CT molecular complexity index is 1430. The summed E-state index contributed by atoms with van der Waals surface area (Å²) in [4.78, 5) is 29.6. The Morgan fingerprint density at radius 2 is 1.49 bits per heavy atom. The van der Waals surface area contributed by atoms with Crippen LogP contribution in [0.3, 0.4) is 0 Å². The maximum atomic E-state index is 14.2. The fourth-order valence-electron chi connectivity index (χ4n) is 4.73. The van der Waals surface area contributed by atoms with E-state index in [0.29, 0.717) is 36.9 Å². The van der Waals surface area contributed by atoms with Gasteiger partial charge in [0.25, 0.3) is 5.56 Å². The van der Waals surface area contributed by atoms with E-state index in [9.17, 15) is 14.0 Å². The molecule has 0 N–H and O–H groups in total. The van der Waals surface area contributed by atoms with E-state index in [1.807, 2.05) is 42.5 Å². The van der Waals surface area contributed by atoms with Gasteiger partial charge in [-0.05, 0) is 41.5 Å². The Labute approximate surface area is 219 Å². The van der Waals surface area contributed by atoms with Crippen LogP contribution in [0.1, 0.15) is 17.2 Å². The zero-order chi connectivity index (χ0) is 25.8. The Morgan fingerprint density at radius 3 is 2.19 bits per heavy atom. The molecule has 0 radical (unpaired) electrons. The van der Waals surface area contributed by atoms with E-state index in [1.54, 1.807) is 23.1 Å². The number of piperazine rings is 1. The molecule has 0 spiro atoms. The lowest BCUT2D eigenvalue weighted by Crippen LogP contribution is -2.51. The first-order chi connectivity index (χ1) is 18.0. The minimum absolute atomic E-state index is 0.0393. The summed E-state index contributed by atoms with van der Waals surface area (Å²) >= 11 is 6.13. The first-order valence-electron chi connectivity index (χ1n) is 12.1. The third kappa shape index (κ3) is 5.63. The highest BCUT2D eigenvalue weighted by molar-refractivity contribution is 6.30. The van der Waals surface area contributed by atoms with E-state index < -0.39 is 11.4 Å². The second-order valence-electron chi connectivity index (χ2n) is 8.98. The largest absolute Gasteiger partial charge is 0.339 e. The Morgan fingerprint density at radius 1 is 0.838 bits per heavy atom. The molecule has 0 aliphatic carbocycles. The van der Waals surface area contributed by atoms with E-state index in [0.717, 1.165) is 10.2 Å². The quantitative estimate of drug-likeness (QED) is 0.375. The van der Waals surface area contributed by atoms with Crippen LogP contribution < -0.4 is 5.56 Å². The van der Waals surface area contributed by atoms with Crippen molar-refractivity contribution in [2.24, 2.45) is 0 Å². The summed E-state index contributed by atoms with van der Waals surface area (Å²) in [7, 11) is 0. The van der Waals surface area contributed by atoms with Gasteiger partial charge in [0, 0.05) is 42.8 Å². The van der Waals surface area contributed by atoms with Gasteiger partial charge in [-0.15, -0.1) is 0 Å². The number of carbonyl (C=O) groups is 1. The SMILES string of the molecule is O=C(Cn1nc(-c2ccccc2F)ccc1=O)N1CCN([C@@H](c2ccccc2)c2ccc(Cl)cc2)CC1. The molecule has 1 aromatic heterocycles. The smallest absolute Gasteiger partial charge is 0.267 e. The van der Waals surface area contributed by atoms with Gasteiger partial charge < -0.3 is 4.90 Å². The third-order valence-electron chi connectivity index (χ3n) is 6.63. The van der Waals surface area contributed by atoms with Gasteiger partial charge in [-0.25, -0.2) is 9.07 Å². The first kappa shape index (κ1) is 24.9. The Balaban J connectivity index is 1.29. The topological polar surface area (TPSA) is 58.4 Å². The summed E-state index contributed by atoms with van der Waals surface area (Å²) in [5.41, 5.74) is 2.50. The van der Waals surface area contributed by atoms with Crippen LogP contribution in [0.2, 0.25) is 5.02 Å². The van der Waals surface area contributed by atoms with E-state index >= 15 is 0 Å². The molecular formula is C29H26ClFN4O2. The Kier molecular flexibility index (Phi) is 7.44. The molecule has 3 aromatic carbocycles. The van der Waals surface area contributed by atoms with Crippen molar-refractivity contribution >= 4 is 17.5 Å². The number of nitrogens with zero attached hydrogens (tertiary/aromatic N) is 4. The van der Waals surface area contributed by atoms with Crippen LogP contribution in [0, 0.1) is 5.82 Å². The fourth-order valence-corrected chi connectivity index (χ4v) is 4.85. The number of carbonyl (C=O) groups excluding carboxylic acids is 1. The van der Waals surface area contributed by atoms with Crippen molar-refractivity contribution in [3.63, 3.8) is 0 Å². The van der Waals surface area contributed by atoms with Gasteiger partial charge in [0.05, 0.1) is 11.7 Å². The van der Waals surface area contributed by atoms with E-state index in [1.165, 1.54) is 23.8 Å². The molecule has 37 heavy (non-hydrogen) atoms. The number of hydrogen-bond donors (Lipinski definition) is 0. The van der Waals surface area contributed by atoms with Crippen molar-refractivity contribution in [3.8, 4) is 11.3 Å². The van der Waals surface area contributed by atoms with Gasteiger partial charge in [-0.3, -0.25) is 14.5 Å². The van der Waals surface area contributed by atoms with E-state index in [-0.39, 0.29) is 24.1 Å². The van der Waals surface area contributed by atoms with Gasteiger partial charge in [0.2, 0.25) is 5.91 Å². The van der Waals surface area contributed by atoms with Gasteiger partial charge in [0.1, 0.15) is 12.4 Å². The molecule has 1 aliphatic rings. The number of hydrogen-bond acceptors (Lipinski definition) is 4. The maximum absolute atomic E-state index is 14.2. The molecule has 5 rings (SSSR count). The number of amides is 1. The van der Waals surface area contributed by atoms with Crippen LogP contribution in [0.5, 0.6) is 0 Å². The normalized spacial score (nSPS) is 14.9. The zero-order valence-electron chi connectivity index (χ0n) is 20.1. The fraction of sp³-hybridized carbons (Fsp3) is 0.207. The van der Waals surface area contributed by atoms with E-state index in [2.05, 4.69) is 22.1 Å². The van der Waals surface area contributed by atoms with Crippen molar-refractivity contribution in [1.82, 2.24) is 19.6 Å². The lowest BCUT2D eigenvalue weighted by molar-refractivity contribution is -0.134. The van der Waals surface area contributed by atoms with Crippen LogP contribution in [0.25, 0.3) is 11.3 Å². The highest BCUT2D eigenvalue weighted by atomic mass is 35.5. The summed E-state index contributed by atoms with van der Waals surface area (Å²) < 4.78 is 15.3. The van der Waals surface area contributed by atoms with Crippen LogP contribution >= 0.6 is 11.6 Å². The minimum atomic E-state index is -0.434. The average Bonchev–Trinajstić information content (AvgIpc) is 2.92. The molecular weight excluding hydrogens is 491 g/mol. The second-order valence-corrected chi connectivity index (χ2v) is 9.41. The standard InChI is InChI=1S/C29H26ClFN4O2/c30-23-12-10-22(11-13-23)29(21-6-2-1-3-7-21)34-18-16-33(17-19-34)28(37)20-35-27(36)15-14-26(32-35)24-8-4-5-9-25(24)31/h1-15,29H,16-20H2/t29-/m0/s1. The molecule has 188 valence electrons. The molecule has 6 nitrogen and oxygen atoms in total. The molecule has 4 aromatic rings. The van der Waals surface area contributed by atoms with Crippen molar-refractivity contribution in [1.29, 1.82) is 0 Å². The summed E-state index contributed by atoms with van der Waals surface area (Å²) in [6.07, 6.45) is 0. The molecule has 1 fully saturated rings. The summed E-state index contributed by atoms with van der Waals surface area (Å²) in [5, 5.41) is 4.95. The van der Waals surface area contributed by atoms with Gasteiger partial charge >= 0.3 is 0 Å². The van der Waals surface area contributed by atoms with Crippen LogP contribution in [0.4, 0.5) is 4.39 Å². The Hall–Kier alpha value is -3.81. The molecule has 1 atom stereocenters. The molecule has 2 heterocycles. The number of halogens is 2. The van der Waals surface area contributed by atoms with Crippen LogP contribution in [-0.4, -0.2) is 51.7 Å². The lowest BCUT2D eigenvalue weighted by atomic mass is 9.96. The molecule has 0 unspecified atom stereocenters. The maximum Gasteiger partial charge on any atom is 0.267 e. The first-order valence-corrected chi connectivity index (χ1v) is 12.5. The molecule has 0 saturated carbocycles. The number of aromatic nitrogens is 2. The molecule has 1 saturated heterocycles. The highest BCUT2D eigenvalue weighted by Crippen LogP contribution is 2.30. The summed E-state index contributed by atoms with van der Waals surface area (Å²) in [6.45, 7) is 2.20. The highest BCUT2D eigenvalue weighted by Gasteiger charge is 2.28. The van der Waals surface area contributed by atoms with Crippen molar-refractivity contribution in [3.05, 3.63) is 123 Å². The molecule has 0 bridgehead atoms. The van der Waals surface area contributed by atoms with Gasteiger partial charge in [0.15, 0.2) is 0 Å². The van der Waals surface area contributed by atoms with Gasteiger partial charge in [-0.1, -0.05) is 66.2 Å². The average molecular weight is 517 g/mol. The summed E-state index contributed by atoms with van der Waals surface area (Å²) in [5.74, 6) is -0.626. The number of rotatable bonds is 6. The summed E-state index contributed by atoms with van der Waals surface area (Å²) in [6, 6.07) is 27.2. The predicted molar refractivity (Wildman–Crippen MR) is 142 cm³/mol. The van der Waals surface area contributed by atoms with Crippen molar-refractivity contribution < 1.29 is 9.18 Å². The predicted octanol–water partition coefficient (Wildman–Crippen LogP) is 4.64. The molecule has 8 heteroatoms. The minimum Gasteiger partial charge on any atom is -0.339 e. The van der Waals surface area contributed by atoms with Crippen LogP contribution in [-0.2, 0) is 11.3 Å². The lowest BCUT2D eigenvalue weighted by Gasteiger charge is -2.39. The third-order valence-corrected chi connectivity index (χ3v) is 6.89. The van der Waals surface area contributed by atoms with Crippen LogP contribution in [0.15, 0.2) is 95.8 Å².